The van der Waals surface area contributed by atoms with E-state index >= 15 is 0 Å². The van der Waals surface area contributed by atoms with Gasteiger partial charge in [-0.1, -0.05) is 77.6 Å². The number of hydrogen-bond acceptors (Lipinski definition) is 4. The highest BCUT2D eigenvalue weighted by Gasteiger charge is 2.18. The molecule has 0 aliphatic heterocycles. The minimum atomic E-state index is -0.702. The van der Waals surface area contributed by atoms with Gasteiger partial charge in [0.25, 0.3) is 0 Å². The Labute approximate surface area is 177 Å². The number of carbonyl (C=O) groups is 2. The minimum Gasteiger partial charge on any atom is -0.481 e. The second-order valence-corrected chi connectivity index (χ2v) is 8.10. The molecule has 172 valence electrons. The summed E-state index contributed by atoms with van der Waals surface area (Å²) in [7, 11) is 1.48. The van der Waals surface area contributed by atoms with E-state index in [1.54, 1.807) is 0 Å². The summed E-state index contributed by atoms with van der Waals surface area (Å²) in [5.74, 6) is -1.85. The van der Waals surface area contributed by atoms with Crippen molar-refractivity contribution in [1.82, 2.24) is 0 Å². The quantitative estimate of drug-likeness (QED) is 0.123. The highest BCUT2D eigenvalue weighted by molar-refractivity contribution is 5.70. The first kappa shape index (κ1) is 27.9. The largest absolute Gasteiger partial charge is 0.481 e. The van der Waals surface area contributed by atoms with Crippen molar-refractivity contribution < 1.29 is 29.6 Å². The summed E-state index contributed by atoms with van der Waals surface area (Å²) in [4.78, 5) is 32.1. The van der Waals surface area contributed by atoms with Gasteiger partial charge in [-0.3, -0.25) is 9.59 Å². The van der Waals surface area contributed by atoms with Gasteiger partial charge in [-0.15, -0.1) is 0 Å². The van der Waals surface area contributed by atoms with Crippen LogP contribution in [0.2, 0.25) is 0 Å². The van der Waals surface area contributed by atoms with Crippen molar-refractivity contribution in [2.75, 3.05) is 13.7 Å². The third kappa shape index (κ3) is 17.4. The number of unbranched alkanes of at least 4 members (excludes halogenated alkanes) is 9. The number of carboxylic acids is 2. The van der Waals surface area contributed by atoms with Gasteiger partial charge in [-0.25, -0.2) is 9.78 Å². The zero-order valence-electron chi connectivity index (χ0n) is 18.7. The smallest absolute Gasteiger partial charge is 0.306 e. The Kier molecular flexibility index (Phi) is 19.4. The molecule has 2 atom stereocenters. The minimum absolute atomic E-state index is 0.217. The van der Waals surface area contributed by atoms with Gasteiger partial charge in [0.2, 0.25) is 0 Å². The average Bonchev–Trinajstić information content (AvgIpc) is 2.69. The van der Waals surface area contributed by atoms with Crippen LogP contribution in [0.4, 0.5) is 0 Å². The molecule has 6 nitrogen and oxygen atoms in total. The standard InChI is InChI=1S/C23H44O6/c1-3-4-5-6-10-15-20(22(24)25)16-11-7-8-12-17-21(23(26)27)18-13-9-14-19-29-28-2/h20-21H,3-19H2,1-2H3,(H,24,25)(H,26,27). The highest BCUT2D eigenvalue weighted by Crippen LogP contribution is 2.21. The van der Waals surface area contributed by atoms with Crippen LogP contribution >= 0.6 is 0 Å². The molecule has 0 aromatic rings. The lowest BCUT2D eigenvalue weighted by Gasteiger charge is -2.13. The molecule has 2 N–H and O–H groups in total. The van der Waals surface area contributed by atoms with E-state index in [1.807, 2.05) is 0 Å². The lowest BCUT2D eigenvalue weighted by molar-refractivity contribution is -0.272. The maximum absolute atomic E-state index is 11.4. The molecule has 0 aliphatic rings. The molecule has 6 heteroatoms. The fourth-order valence-electron chi connectivity index (χ4n) is 3.72. The average molecular weight is 417 g/mol. The van der Waals surface area contributed by atoms with Gasteiger partial charge in [-0.2, -0.15) is 0 Å². The maximum Gasteiger partial charge on any atom is 0.306 e. The Morgan fingerprint density at radius 3 is 1.38 bits per heavy atom. The summed E-state index contributed by atoms with van der Waals surface area (Å²) >= 11 is 0. The van der Waals surface area contributed by atoms with Crippen LogP contribution in [0, 0.1) is 11.8 Å². The van der Waals surface area contributed by atoms with E-state index in [2.05, 4.69) is 11.8 Å². The van der Waals surface area contributed by atoms with Crippen LogP contribution in [0.1, 0.15) is 110 Å². The summed E-state index contributed by atoms with van der Waals surface area (Å²) in [6, 6.07) is 0. The molecule has 0 aliphatic carbocycles. The Balaban J connectivity index is 3.82. The molecule has 0 aromatic heterocycles. The van der Waals surface area contributed by atoms with Gasteiger partial charge in [0.15, 0.2) is 0 Å². The molecule has 29 heavy (non-hydrogen) atoms. The Morgan fingerprint density at radius 1 is 0.655 bits per heavy atom. The van der Waals surface area contributed by atoms with Crippen molar-refractivity contribution in [1.29, 1.82) is 0 Å². The molecule has 0 heterocycles. The van der Waals surface area contributed by atoms with Crippen molar-refractivity contribution in [3.05, 3.63) is 0 Å². The maximum atomic E-state index is 11.4. The van der Waals surface area contributed by atoms with Gasteiger partial charge in [0, 0.05) is 0 Å². The van der Waals surface area contributed by atoms with E-state index in [-0.39, 0.29) is 11.8 Å². The summed E-state index contributed by atoms with van der Waals surface area (Å²) in [5, 5.41) is 18.8. The fraction of sp³-hybridized carbons (Fsp3) is 0.913. The van der Waals surface area contributed by atoms with Crippen LogP contribution < -0.4 is 0 Å². The molecule has 0 rings (SSSR count). The summed E-state index contributed by atoms with van der Waals surface area (Å²) in [5.41, 5.74) is 0. The van der Waals surface area contributed by atoms with Crippen LogP contribution in [0.5, 0.6) is 0 Å². The van der Waals surface area contributed by atoms with E-state index in [1.165, 1.54) is 26.4 Å². The van der Waals surface area contributed by atoms with Gasteiger partial charge in [-0.05, 0) is 32.1 Å². The van der Waals surface area contributed by atoms with Gasteiger partial charge in [0.05, 0.1) is 25.6 Å². The highest BCUT2D eigenvalue weighted by atomic mass is 17.2. The molecule has 0 saturated heterocycles. The molecule has 0 radical (unpaired) electrons. The zero-order valence-corrected chi connectivity index (χ0v) is 18.7. The van der Waals surface area contributed by atoms with Crippen molar-refractivity contribution in [3.8, 4) is 0 Å². The predicted octanol–water partition coefficient (Wildman–Crippen LogP) is 6.23. The number of rotatable bonds is 22. The van der Waals surface area contributed by atoms with Gasteiger partial charge in [0.1, 0.15) is 0 Å². The topological polar surface area (TPSA) is 93.1 Å². The van der Waals surface area contributed by atoms with Crippen molar-refractivity contribution in [3.63, 3.8) is 0 Å². The molecule has 0 fully saturated rings. The first-order valence-electron chi connectivity index (χ1n) is 11.6. The SMILES string of the molecule is CCCCCCCC(CCCCCCC(CCCCCOOC)C(=O)O)C(=O)O. The molecule has 0 saturated carbocycles. The second kappa shape index (κ2) is 20.1. The molecule has 2 unspecified atom stereocenters. The first-order valence-corrected chi connectivity index (χ1v) is 11.6. The lowest BCUT2D eigenvalue weighted by atomic mass is 9.92. The van der Waals surface area contributed by atoms with E-state index in [0.717, 1.165) is 70.6 Å². The van der Waals surface area contributed by atoms with E-state index in [0.29, 0.717) is 19.4 Å². The normalized spacial score (nSPS) is 13.3. The zero-order chi connectivity index (χ0) is 21.7. The van der Waals surface area contributed by atoms with Crippen molar-refractivity contribution in [2.45, 2.75) is 110 Å². The summed E-state index contributed by atoms with van der Waals surface area (Å²) in [6.45, 7) is 2.73. The Hall–Kier alpha value is -1.14. The molecule has 0 spiro atoms. The van der Waals surface area contributed by atoms with E-state index in [9.17, 15) is 19.8 Å². The van der Waals surface area contributed by atoms with Crippen LogP contribution in [-0.2, 0) is 19.4 Å². The summed E-state index contributed by atoms with van der Waals surface area (Å²) in [6.07, 6.45) is 15.2. The third-order valence-corrected chi connectivity index (χ3v) is 5.61. The number of carboxylic acid groups (broad SMARTS) is 2. The van der Waals surface area contributed by atoms with Crippen LogP contribution in [-0.4, -0.2) is 35.9 Å². The first-order chi connectivity index (χ1) is 14.0. The fourth-order valence-corrected chi connectivity index (χ4v) is 3.72. The number of hydrogen-bond donors (Lipinski definition) is 2. The van der Waals surface area contributed by atoms with Crippen molar-refractivity contribution in [2.24, 2.45) is 11.8 Å². The second-order valence-electron chi connectivity index (χ2n) is 8.10. The number of aliphatic carboxylic acids is 2. The van der Waals surface area contributed by atoms with Crippen molar-refractivity contribution >= 4 is 11.9 Å². The Bertz CT molecular complexity index is 399. The van der Waals surface area contributed by atoms with Gasteiger partial charge < -0.3 is 10.2 Å². The molecule has 0 aromatic carbocycles. The van der Waals surface area contributed by atoms with Gasteiger partial charge >= 0.3 is 11.9 Å². The van der Waals surface area contributed by atoms with Crippen LogP contribution in [0.15, 0.2) is 0 Å². The van der Waals surface area contributed by atoms with Crippen LogP contribution in [0.25, 0.3) is 0 Å². The summed E-state index contributed by atoms with van der Waals surface area (Å²) < 4.78 is 0. The molecular formula is C23H44O6. The molecule has 0 bridgehead atoms. The lowest BCUT2D eigenvalue weighted by Crippen LogP contribution is -2.14. The van der Waals surface area contributed by atoms with E-state index < -0.39 is 11.9 Å². The molecule has 0 amide bonds. The van der Waals surface area contributed by atoms with Crippen LogP contribution in [0.3, 0.4) is 0 Å². The third-order valence-electron chi connectivity index (χ3n) is 5.61. The monoisotopic (exact) mass is 416 g/mol. The Morgan fingerprint density at radius 2 is 1.03 bits per heavy atom. The predicted molar refractivity (Wildman–Crippen MR) is 115 cm³/mol. The molecular weight excluding hydrogens is 372 g/mol. The van der Waals surface area contributed by atoms with E-state index in [4.69, 9.17) is 4.89 Å².